The van der Waals surface area contributed by atoms with E-state index in [9.17, 15) is 14.6 Å². The molecule has 0 radical (unpaired) electrons. The Bertz CT molecular complexity index is 3840. The van der Waals surface area contributed by atoms with Crippen LogP contribution in [-0.2, 0) is 0 Å². The molecule has 4 bridgehead atoms. The van der Waals surface area contributed by atoms with Crippen molar-refractivity contribution in [3.05, 3.63) is 108 Å². The highest BCUT2D eigenvalue weighted by molar-refractivity contribution is 6.04. The van der Waals surface area contributed by atoms with E-state index in [1.807, 2.05) is 48.8 Å². The zero-order chi connectivity index (χ0) is 54.3. The fourth-order valence-corrected chi connectivity index (χ4v) is 16.8. The number of pyridine rings is 4. The summed E-state index contributed by atoms with van der Waals surface area (Å²) in [5, 5.41) is 34.5. The summed E-state index contributed by atoms with van der Waals surface area (Å²) >= 11 is 0. The summed E-state index contributed by atoms with van der Waals surface area (Å²) in [6.07, 6.45) is 14.3. The lowest BCUT2D eigenvalue weighted by Gasteiger charge is -2.36. The molecule has 14 nitrogen and oxygen atoms in total. The first-order valence-corrected chi connectivity index (χ1v) is 30.0. The Hall–Kier alpha value is -6.91. The number of rotatable bonds is 11. The smallest absolute Gasteiger partial charge is 0.216 e. The maximum absolute atomic E-state index is 14.9. The highest BCUT2D eigenvalue weighted by atomic mass is 19.1. The Morgan fingerprint density at radius 2 is 1.20 bits per heavy atom. The number of phenols is 2. The van der Waals surface area contributed by atoms with E-state index in [0.29, 0.717) is 62.1 Å². The third-order valence-electron chi connectivity index (χ3n) is 20.5. The number of nitrogens with one attached hydrogen (secondary N) is 2. The largest absolute Gasteiger partial charge is 0.508 e. The number of alkyl halides is 1. The average molecular weight is 1090 g/mol. The van der Waals surface area contributed by atoms with Gasteiger partial charge in [-0.1, -0.05) is 30.3 Å². The van der Waals surface area contributed by atoms with Crippen LogP contribution in [0.1, 0.15) is 93.4 Å². The number of aromatic hydroxyl groups is 2. The van der Waals surface area contributed by atoms with Crippen LogP contribution in [0.3, 0.4) is 0 Å². The summed E-state index contributed by atoms with van der Waals surface area (Å²) < 4.78 is 28.7. The maximum Gasteiger partial charge on any atom is 0.216 e. The molecule has 0 aliphatic carbocycles. The van der Waals surface area contributed by atoms with Crippen LogP contribution < -0.4 is 29.9 Å². The predicted molar refractivity (Wildman–Crippen MR) is 317 cm³/mol. The molecule has 4 aromatic heterocycles. The molecule has 8 fully saturated rings. The van der Waals surface area contributed by atoms with Gasteiger partial charge >= 0.3 is 0 Å². The standard InChI is InChI=1S/C66H71FN10O4/c1-38-6-3-7-40-20-48(78)23-51(61(38)40)41-21-54-63(68-29-41)57(74-32-44-9-10-45(33-74)70-44)26-59(72-54)80-36-65-15-5-19-77(65)56(14-17-65)50-13-8-39(2)62-52(24-49(79)25-53(50)62)42-22-55-64(69-30-42)58(75-34-46-11-12-47(35-75)71-46)27-60(73-55)81-37-66-16-4-18-76(66)31-43(67)28-66/h3,6-8,13,20-27,29-30,43-47,56,70-71,78-79H,4-5,9-12,14-19,28,31-37H2,1-2H3/t43-,44?,45?,46?,47?,56?,65?,66?/m1/s1. The topological polar surface area (TPSA) is 148 Å². The number of halogens is 1. The molecular formula is C66H71FN10O4. The van der Waals surface area contributed by atoms with Gasteiger partial charge in [-0.25, -0.2) is 14.4 Å². The first kappa shape index (κ1) is 49.9. The second-order valence-electron chi connectivity index (χ2n) is 25.5. The number of anilines is 2. The zero-order valence-corrected chi connectivity index (χ0v) is 46.4. The van der Waals surface area contributed by atoms with Crippen molar-refractivity contribution in [3.63, 3.8) is 0 Å². The molecule has 8 aliphatic rings. The third kappa shape index (κ3) is 8.45. The molecule has 0 saturated carbocycles. The summed E-state index contributed by atoms with van der Waals surface area (Å²) in [6.45, 7) is 11.1. The van der Waals surface area contributed by atoms with Crippen LogP contribution in [0.2, 0.25) is 0 Å². The Morgan fingerprint density at radius 3 is 1.85 bits per heavy atom. The minimum Gasteiger partial charge on any atom is -0.508 e. The molecule has 416 valence electrons. The van der Waals surface area contributed by atoms with Crippen LogP contribution >= 0.6 is 0 Å². The zero-order valence-electron chi connectivity index (χ0n) is 46.4. The second-order valence-corrected chi connectivity index (χ2v) is 25.5. The van der Waals surface area contributed by atoms with Gasteiger partial charge in [-0.05, 0) is 177 Å². The number of aryl methyl sites for hydroxylation is 2. The van der Waals surface area contributed by atoms with Crippen molar-refractivity contribution in [1.82, 2.24) is 40.4 Å². The Labute approximate surface area is 471 Å². The summed E-state index contributed by atoms with van der Waals surface area (Å²) in [6, 6.07) is 28.6. The SMILES string of the molecule is Cc1cccc2cc(O)cc(-c3cnc4c(N5CC6CCC(C5)N6)cc(OCC56CCCN5C(c5ccc(C)c7c(-c8cnc9c(N%10CC%11CCC(C%10)N%11)cc(OCC%10%11CCCN%10C[C@H](F)C%11)nc9c8)cc(O)cc57)CC6)nc4c3)c12. The van der Waals surface area contributed by atoms with Crippen molar-refractivity contribution < 1.29 is 24.1 Å². The number of benzene rings is 4. The number of piperazine rings is 2. The minimum atomic E-state index is -0.831. The van der Waals surface area contributed by atoms with Crippen LogP contribution in [0.4, 0.5) is 15.8 Å². The van der Waals surface area contributed by atoms with Gasteiger partial charge in [0.25, 0.3) is 0 Å². The lowest BCUT2D eigenvalue weighted by molar-refractivity contribution is 0.0874. The molecule has 81 heavy (non-hydrogen) atoms. The first-order valence-electron chi connectivity index (χ1n) is 30.0. The predicted octanol–water partition coefficient (Wildman–Crippen LogP) is 10.8. The van der Waals surface area contributed by atoms with Crippen molar-refractivity contribution in [2.24, 2.45) is 0 Å². The number of hydrogen-bond acceptors (Lipinski definition) is 14. The summed E-state index contributed by atoms with van der Waals surface area (Å²) in [7, 11) is 0. The number of ether oxygens (including phenoxy) is 2. The van der Waals surface area contributed by atoms with Crippen molar-refractivity contribution in [3.8, 4) is 45.5 Å². The molecule has 16 rings (SSSR count). The summed E-state index contributed by atoms with van der Waals surface area (Å²) in [4.78, 5) is 30.8. The normalized spacial score (nSPS) is 28.1. The second kappa shape index (κ2) is 19.1. The van der Waals surface area contributed by atoms with Crippen LogP contribution in [0.5, 0.6) is 23.3 Å². The summed E-state index contributed by atoms with van der Waals surface area (Å²) in [5.74, 6) is 1.59. The van der Waals surface area contributed by atoms with Gasteiger partial charge in [-0.15, -0.1) is 0 Å². The number of aromatic nitrogens is 4. The molecule has 4 aromatic carbocycles. The van der Waals surface area contributed by atoms with E-state index in [0.717, 1.165) is 179 Å². The number of nitrogens with zero attached hydrogens (tertiary/aromatic N) is 8. The van der Waals surface area contributed by atoms with Crippen molar-refractivity contribution >= 4 is 55.0 Å². The number of phenolic OH excluding ortho intramolecular Hbond substituents is 2. The average Bonchev–Trinajstić information content (AvgIpc) is 4.38. The first-order chi connectivity index (χ1) is 39.5. The van der Waals surface area contributed by atoms with Crippen LogP contribution in [-0.4, -0.2) is 140 Å². The fraction of sp³-hybridized carbons (Fsp3) is 0.455. The van der Waals surface area contributed by atoms with Gasteiger partial charge < -0.3 is 40.1 Å². The lowest BCUT2D eigenvalue weighted by Crippen LogP contribution is -2.51. The monoisotopic (exact) mass is 1090 g/mol. The maximum atomic E-state index is 14.9. The van der Waals surface area contributed by atoms with E-state index in [2.05, 4.69) is 86.5 Å². The Balaban J connectivity index is 0.727. The van der Waals surface area contributed by atoms with Crippen molar-refractivity contribution in [2.75, 3.05) is 68.8 Å². The Kier molecular flexibility index (Phi) is 11.7. The molecular weight excluding hydrogens is 1020 g/mol. The third-order valence-corrected chi connectivity index (χ3v) is 20.5. The van der Waals surface area contributed by atoms with Gasteiger partial charge in [0, 0.05) is 105 Å². The van der Waals surface area contributed by atoms with E-state index in [-0.39, 0.29) is 28.6 Å². The van der Waals surface area contributed by atoms with E-state index in [4.69, 9.17) is 29.4 Å². The van der Waals surface area contributed by atoms with Crippen molar-refractivity contribution in [2.45, 2.75) is 132 Å². The van der Waals surface area contributed by atoms with E-state index in [1.165, 1.54) is 18.4 Å². The van der Waals surface area contributed by atoms with Crippen LogP contribution in [0.15, 0.2) is 91.3 Å². The van der Waals surface area contributed by atoms with Gasteiger partial charge in [0.05, 0.1) is 33.5 Å². The molecule has 0 amide bonds. The minimum absolute atomic E-state index is 0.119. The molecule has 7 unspecified atom stereocenters. The van der Waals surface area contributed by atoms with Gasteiger partial charge in [-0.2, -0.15) is 0 Å². The molecule has 8 saturated heterocycles. The molecule has 15 heteroatoms. The van der Waals surface area contributed by atoms with E-state index in [1.54, 1.807) is 0 Å². The number of hydrogen-bond donors (Lipinski definition) is 4. The van der Waals surface area contributed by atoms with Gasteiger partial charge in [0.2, 0.25) is 11.8 Å². The lowest BCUT2D eigenvalue weighted by atomic mass is 9.89. The quantitative estimate of drug-likeness (QED) is 0.0974. The molecule has 8 aliphatic heterocycles. The molecule has 4 N–H and O–H groups in total. The van der Waals surface area contributed by atoms with Crippen molar-refractivity contribution in [1.29, 1.82) is 0 Å². The molecule has 8 aromatic rings. The van der Waals surface area contributed by atoms with Gasteiger partial charge in [0.15, 0.2) is 0 Å². The fourth-order valence-electron chi connectivity index (χ4n) is 16.8. The molecule has 0 spiro atoms. The van der Waals surface area contributed by atoms with Crippen LogP contribution in [0.25, 0.3) is 65.9 Å². The van der Waals surface area contributed by atoms with Crippen LogP contribution in [0, 0.1) is 13.8 Å². The number of fused-ring (bicyclic) bond motifs is 10. The Morgan fingerprint density at radius 1 is 0.617 bits per heavy atom. The highest BCUT2D eigenvalue weighted by Crippen LogP contribution is 2.52. The van der Waals surface area contributed by atoms with Gasteiger partial charge in [-0.3, -0.25) is 19.8 Å². The van der Waals surface area contributed by atoms with E-state index >= 15 is 0 Å². The highest BCUT2D eigenvalue weighted by Gasteiger charge is 2.51. The summed E-state index contributed by atoms with van der Waals surface area (Å²) in [5.41, 5.74) is 11.9. The molecule has 12 heterocycles. The van der Waals surface area contributed by atoms with E-state index < -0.39 is 6.17 Å². The molecule has 8 atom stereocenters. The van der Waals surface area contributed by atoms with Gasteiger partial charge in [0.1, 0.15) is 41.9 Å².